The quantitative estimate of drug-likeness (QED) is 0.675. The van der Waals surface area contributed by atoms with Crippen LogP contribution in [-0.2, 0) is 0 Å². The van der Waals surface area contributed by atoms with E-state index in [0.717, 1.165) is 10.2 Å². The van der Waals surface area contributed by atoms with E-state index in [1.54, 1.807) is 6.20 Å². The maximum atomic E-state index is 6.51. The Bertz CT molecular complexity index is 371. The Labute approximate surface area is 120 Å². The third-order valence-electron chi connectivity index (χ3n) is 3.68. The van der Waals surface area contributed by atoms with Crippen LogP contribution in [0, 0.1) is 0 Å². The highest BCUT2D eigenvalue weighted by Gasteiger charge is 2.47. The van der Waals surface area contributed by atoms with Crippen molar-refractivity contribution in [2.45, 2.75) is 58.2 Å². The van der Waals surface area contributed by atoms with Crippen molar-refractivity contribution in [1.29, 1.82) is 0 Å². The Morgan fingerprint density at radius 1 is 1.00 bits per heavy atom. The molecule has 0 saturated carbocycles. The topological polar surface area (TPSA) is 22.1 Å². The molecule has 1 aromatic heterocycles. The van der Waals surface area contributed by atoms with Gasteiger partial charge in [0.05, 0.1) is 6.20 Å². The molecule has 0 aliphatic rings. The highest BCUT2D eigenvalue weighted by atomic mass is 79.9. The van der Waals surface area contributed by atoms with Crippen LogP contribution < -0.4 is 4.43 Å². The first-order chi connectivity index (χ1) is 8.30. The van der Waals surface area contributed by atoms with Gasteiger partial charge in [0.25, 0.3) is 8.32 Å². The lowest BCUT2D eigenvalue weighted by atomic mass is 10.5. The van der Waals surface area contributed by atoms with Crippen LogP contribution in [0.2, 0.25) is 16.6 Å². The van der Waals surface area contributed by atoms with Crippen LogP contribution in [0.4, 0.5) is 0 Å². The van der Waals surface area contributed by atoms with E-state index in [1.807, 2.05) is 12.3 Å². The van der Waals surface area contributed by atoms with Crippen LogP contribution in [0.15, 0.2) is 22.9 Å². The lowest BCUT2D eigenvalue weighted by molar-refractivity contribution is 0.477. The summed E-state index contributed by atoms with van der Waals surface area (Å²) in [6.45, 7) is 13.7. The number of hydrogen-bond acceptors (Lipinski definition) is 2. The fourth-order valence-electron chi connectivity index (χ4n) is 3.01. The van der Waals surface area contributed by atoms with E-state index >= 15 is 0 Å². The Balaban J connectivity index is 3.12. The highest BCUT2D eigenvalue weighted by molar-refractivity contribution is 9.10. The van der Waals surface area contributed by atoms with Crippen molar-refractivity contribution in [3.63, 3.8) is 0 Å². The van der Waals surface area contributed by atoms with E-state index in [1.165, 1.54) is 0 Å². The summed E-state index contributed by atoms with van der Waals surface area (Å²) in [5.74, 6) is 0.896. The Kier molecular flexibility index (Phi) is 5.41. The second-order valence-electron chi connectivity index (χ2n) is 5.76. The molecule has 0 fully saturated rings. The zero-order valence-electron chi connectivity index (χ0n) is 12.2. The van der Waals surface area contributed by atoms with Gasteiger partial charge in [0.2, 0.25) is 0 Å². The van der Waals surface area contributed by atoms with Gasteiger partial charge in [-0.25, -0.2) is 0 Å². The third kappa shape index (κ3) is 3.15. The van der Waals surface area contributed by atoms with E-state index in [4.69, 9.17) is 4.43 Å². The molecule has 2 nitrogen and oxygen atoms in total. The van der Waals surface area contributed by atoms with Gasteiger partial charge < -0.3 is 4.43 Å². The first-order valence-corrected chi connectivity index (χ1v) is 9.53. The average molecular weight is 330 g/mol. The number of aromatic nitrogens is 1. The average Bonchev–Trinajstić information content (AvgIpc) is 2.24. The third-order valence-corrected chi connectivity index (χ3v) is 10.1. The monoisotopic (exact) mass is 329 g/mol. The van der Waals surface area contributed by atoms with Gasteiger partial charge in [-0.1, -0.05) is 41.5 Å². The molecule has 102 valence electrons. The largest absolute Gasteiger partial charge is 0.542 e. The van der Waals surface area contributed by atoms with Crippen molar-refractivity contribution >= 4 is 24.2 Å². The molecule has 1 aromatic rings. The van der Waals surface area contributed by atoms with Crippen LogP contribution in [0.1, 0.15) is 41.5 Å². The number of pyridine rings is 1. The van der Waals surface area contributed by atoms with Crippen molar-refractivity contribution in [3.05, 3.63) is 22.9 Å². The highest BCUT2D eigenvalue weighted by Crippen LogP contribution is 2.42. The molecular weight excluding hydrogens is 306 g/mol. The second-order valence-corrected chi connectivity index (χ2v) is 12.0. The molecule has 1 rings (SSSR count). The van der Waals surface area contributed by atoms with Gasteiger partial charge in [0, 0.05) is 10.7 Å². The van der Waals surface area contributed by atoms with Crippen LogP contribution >= 0.6 is 15.9 Å². The van der Waals surface area contributed by atoms with Crippen LogP contribution in [-0.4, -0.2) is 13.3 Å². The van der Waals surface area contributed by atoms with E-state index in [2.05, 4.69) is 62.5 Å². The molecule has 0 aliphatic heterocycles. The summed E-state index contributed by atoms with van der Waals surface area (Å²) >= 11 is 3.45. The van der Waals surface area contributed by atoms with Gasteiger partial charge >= 0.3 is 0 Å². The first-order valence-electron chi connectivity index (χ1n) is 6.60. The molecule has 1 heterocycles. The van der Waals surface area contributed by atoms with Crippen molar-refractivity contribution in [2.75, 3.05) is 0 Å². The smallest absolute Gasteiger partial charge is 0.258 e. The minimum Gasteiger partial charge on any atom is -0.542 e. The van der Waals surface area contributed by atoms with Crippen LogP contribution in [0.5, 0.6) is 5.75 Å². The van der Waals surface area contributed by atoms with E-state index < -0.39 is 8.32 Å². The molecule has 0 amide bonds. The number of nitrogens with zero attached hydrogens (tertiary/aromatic N) is 1. The molecule has 18 heavy (non-hydrogen) atoms. The molecule has 0 saturated heterocycles. The lowest BCUT2D eigenvalue weighted by Gasteiger charge is -2.42. The van der Waals surface area contributed by atoms with Gasteiger partial charge in [0.15, 0.2) is 0 Å². The second kappa shape index (κ2) is 6.20. The minimum atomic E-state index is -1.85. The zero-order chi connectivity index (χ0) is 13.9. The first kappa shape index (κ1) is 15.7. The zero-order valence-corrected chi connectivity index (χ0v) is 14.8. The van der Waals surface area contributed by atoms with Crippen molar-refractivity contribution in [2.24, 2.45) is 0 Å². The number of hydrogen-bond donors (Lipinski definition) is 0. The lowest BCUT2D eigenvalue weighted by Crippen LogP contribution is -2.50. The molecule has 0 atom stereocenters. The minimum absolute atomic E-state index is 0.580. The number of halogens is 1. The summed E-state index contributed by atoms with van der Waals surface area (Å²) in [4.78, 5) is 4.20. The van der Waals surface area contributed by atoms with E-state index in [0.29, 0.717) is 16.6 Å². The fraction of sp³-hybridized carbons (Fsp3) is 0.643. The Morgan fingerprint density at radius 3 is 1.89 bits per heavy atom. The van der Waals surface area contributed by atoms with Crippen LogP contribution in [0.3, 0.4) is 0 Å². The number of rotatable bonds is 5. The molecule has 0 aromatic carbocycles. The van der Waals surface area contributed by atoms with Crippen molar-refractivity contribution in [1.82, 2.24) is 4.98 Å². The van der Waals surface area contributed by atoms with Crippen molar-refractivity contribution < 1.29 is 4.43 Å². The van der Waals surface area contributed by atoms with Gasteiger partial charge in [0.1, 0.15) is 5.75 Å². The molecule has 4 heteroatoms. The molecule has 0 N–H and O–H groups in total. The van der Waals surface area contributed by atoms with Gasteiger partial charge in [-0.3, -0.25) is 4.98 Å². The van der Waals surface area contributed by atoms with Gasteiger partial charge in [-0.05, 0) is 38.6 Å². The van der Waals surface area contributed by atoms with Crippen molar-refractivity contribution in [3.8, 4) is 5.75 Å². The summed E-state index contributed by atoms with van der Waals surface area (Å²) in [6, 6.07) is 2.02. The predicted molar refractivity (Wildman–Crippen MR) is 83.6 cm³/mol. The summed E-state index contributed by atoms with van der Waals surface area (Å²) in [5, 5.41) is 0. The molecule has 0 unspecified atom stereocenters. The molecule has 0 aliphatic carbocycles. The summed E-state index contributed by atoms with van der Waals surface area (Å²) in [6.07, 6.45) is 3.61. The van der Waals surface area contributed by atoms with E-state index in [-0.39, 0.29) is 0 Å². The molecule has 0 spiro atoms. The Hall–Kier alpha value is -0.353. The maximum absolute atomic E-state index is 6.51. The maximum Gasteiger partial charge on any atom is 0.258 e. The van der Waals surface area contributed by atoms with Crippen LogP contribution in [0.25, 0.3) is 0 Å². The molecule has 0 radical (unpaired) electrons. The summed E-state index contributed by atoms with van der Waals surface area (Å²) in [7, 11) is -1.85. The van der Waals surface area contributed by atoms with Gasteiger partial charge in [-0.2, -0.15) is 0 Å². The fourth-order valence-corrected chi connectivity index (χ4v) is 8.58. The normalized spacial score (nSPS) is 12.6. The predicted octanol–water partition coefficient (Wildman–Crippen LogP) is 5.40. The van der Waals surface area contributed by atoms with Gasteiger partial charge in [-0.15, -0.1) is 0 Å². The summed E-state index contributed by atoms with van der Waals surface area (Å²) in [5.41, 5.74) is 1.74. The SMILES string of the molecule is CC(C)[Si](Oc1cncc(Br)c1)(C(C)C)C(C)C. The molecular formula is C14H24BrNOSi. The molecule has 0 bridgehead atoms. The standard InChI is InChI=1S/C14H24BrNOSi/c1-10(2)18(11(3)4,12(5)6)17-14-7-13(15)8-16-9-14/h7-12H,1-6H3. The summed E-state index contributed by atoms with van der Waals surface area (Å²) < 4.78 is 7.49. The van der Waals surface area contributed by atoms with E-state index in [9.17, 15) is 0 Å². The Morgan fingerprint density at radius 2 is 1.50 bits per heavy atom.